The Balaban J connectivity index is 1.82. The minimum atomic E-state index is -3.67. The lowest BCUT2D eigenvalue weighted by Gasteiger charge is -2.11. The van der Waals surface area contributed by atoms with Gasteiger partial charge in [0.05, 0.1) is 23.8 Å². The van der Waals surface area contributed by atoms with Crippen LogP contribution in [0.15, 0.2) is 24.3 Å². The van der Waals surface area contributed by atoms with E-state index >= 15 is 0 Å². The van der Waals surface area contributed by atoms with E-state index in [0.29, 0.717) is 17.0 Å². The van der Waals surface area contributed by atoms with Crippen molar-refractivity contribution in [3.63, 3.8) is 0 Å². The first-order valence-electron chi connectivity index (χ1n) is 6.87. The predicted octanol–water partition coefficient (Wildman–Crippen LogP) is 0.0627. The van der Waals surface area contributed by atoms with E-state index in [1.54, 1.807) is 24.3 Å². The topological polar surface area (TPSA) is 109 Å². The molecule has 1 unspecified atom stereocenters. The Morgan fingerprint density at radius 2 is 1.91 bits per heavy atom. The molecule has 0 bridgehead atoms. The molecule has 0 aliphatic carbocycles. The van der Waals surface area contributed by atoms with Crippen molar-refractivity contribution in [3.05, 3.63) is 34.9 Å². The first-order valence-corrected chi connectivity index (χ1v) is 10.7. The van der Waals surface area contributed by atoms with Crippen LogP contribution >= 0.6 is 11.6 Å². The molecule has 2 rings (SSSR count). The molecule has 7 nitrogen and oxygen atoms in total. The van der Waals surface area contributed by atoms with Crippen LogP contribution in [-0.2, 0) is 30.4 Å². The van der Waals surface area contributed by atoms with Crippen molar-refractivity contribution < 1.29 is 21.6 Å². The monoisotopic (exact) mass is 380 g/mol. The number of hydrogen-bond acceptors (Lipinski definition) is 5. The van der Waals surface area contributed by atoms with Crippen LogP contribution in [0.3, 0.4) is 0 Å². The maximum atomic E-state index is 11.9. The van der Waals surface area contributed by atoms with Gasteiger partial charge in [0.1, 0.15) is 0 Å². The van der Waals surface area contributed by atoms with Crippen LogP contribution in [0.1, 0.15) is 12.0 Å². The summed E-state index contributed by atoms with van der Waals surface area (Å²) in [6.45, 7) is -0.424. The SMILES string of the molecule is O=C(CNS(=O)(=O)Cc1ccc(Cl)cc1)NC1CCS(=O)(=O)C1. The number of sulfone groups is 1. The van der Waals surface area contributed by atoms with Gasteiger partial charge in [-0.05, 0) is 24.1 Å². The van der Waals surface area contributed by atoms with Crippen LogP contribution < -0.4 is 10.0 Å². The lowest BCUT2D eigenvalue weighted by Crippen LogP contribution is -2.42. The zero-order chi connectivity index (χ0) is 17.1. The Bertz CT molecular complexity index is 775. The molecule has 0 spiro atoms. The van der Waals surface area contributed by atoms with Crippen LogP contribution in [-0.4, -0.2) is 46.8 Å². The second-order valence-corrected chi connectivity index (χ2v) is 9.85. The number of carbonyl (C=O) groups is 1. The largest absolute Gasteiger partial charge is 0.351 e. The molecule has 1 aliphatic heterocycles. The molecule has 128 valence electrons. The Labute approximate surface area is 140 Å². The number of halogens is 1. The number of nitrogens with one attached hydrogen (secondary N) is 2. The van der Waals surface area contributed by atoms with Gasteiger partial charge in [0.15, 0.2) is 9.84 Å². The molecule has 0 radical (unpaired) electrons. The second kappa shape index (κ2) is 7.16. The summed E-state index contributed by atoms with van der Waals surface area (Å²) in [5.74, 6) is -0.877. The van der Waals surface area contributed by atoms with E-state index in [1.807, 2.05) is 0 Å². The molecule has 1 heterocycles. The highest BCUT2D eigenvalue weighted by Crippen LogP contribution is 2.12. The van der Waals surface area contributed by atoms with Crippen LogP contribution in [0, 0.1) is 0 Å². The fourth-order valence-corrected chi connectivity index (χ4v) is 5.10. The summed E-state index contributed by atoms with van der Waals surface area (Å²) in [6, 6.07) is 5.89. The summed E-state index contributed by atoms with van der Waals surface area (Å²) in [5.41, 5.74) is 0.546. The van der Waals surface area contributed by atoms with E-state index < -0.39 is 38.4 Å². The molecule has 1 aliphatic rings. The van der Waals surface area contributed by atoms with Crippen molar-refractivity contribution in [3.8, 4) is 0 Å². The van der Waals surface area contributed by atoms with Crippen molar-refractivity contribution >= 4 is 37.4 Å². The molecule has 10 heteroatoms. The molecular formula is C13H17ClN2O5S2. The summed E-state index contributed by atoms with van der Waals surface area (Å²) < 4.78 is 48.6. The van der Waals surface area contributed by atoms with Gasteiger partial charge in [-0.25, -0.2) is 21.6 Å². The van der Waals surface area contributed by atoms with Gasteiger partial charge in [-0.1, -0.05) is 23.7 Å². The standard InChI is InChI=1S/C13H17ClN2O5S2/c14-11-3-1-10(2-4-11)8-23(20,21)15-7-13(17)16-12-5-6-22(18,19)9-12/h1-4,12,15H,5-9H2,(H,16,17). The molecule has 23 heavy (non-hydrogen) atoms. The molecular weight excluding hydrogens is 364 g/mol. The van der Waals surface area contributed by atoms with Gasteiger partial charge < -0.3 is 5.32 Å². The Morgan fingerprint density at radius 3 is 2.48 bits per heavy atom. The van der Waals surface area contributed by atoms with Crippen LogP contribution in [0.25, 0.3) is 0 Å². The number of rotatable bonds is 6. The quantitative estimate of drug-likeness (QED) is 0.725. The maximum Gasteiger partial charge on any atom is 0.235 e. The molecule has 0 saturated carbocycles. The molecule has 1 atom stereocenters. The second-order valence-electron chi connectivity index (χ2n) is 5.37. The van der Waals surface area contributed by atoms with Crippen molar-refractivity contribution in [2.24, 2.45) is 0 Å². The smallest absolute Gasteiger partial charge is 0.235 e. The average molecular weight is 381 g/mol. The molecule has 1 saturated heterocycles. The third-order valence-electron chi connectivity index (χ3n) is 3.32. The van der Waals surface area contributed by atoms with Crippen LogP contribution in [0.2, 0.25) is 5.02 Å². The zero-order valence-electron chi connectivity index (χ0n) is 12.2. The molecule has 2 N–H and O–H groups in total. The fraction of sp³-hybridized carbons (Fsp3) is 0.462. The number of carbonyl (C=O) groups excluding carboxylic acids is 1. The summed E-state index contributed by atoms with van der Waals surface area (Å²) in [5, 5.41) is 3.02. The molecule has 1 aromatic rings. The first-order chi connectivity index (χ1) is 10.7. The highest BCUT2D eigenvalue weighted by molar-refractivity contribution is 7.91. The third kappa shape index (κ3) is 6.09. The molecule has 1 aromatic carbocycles. The number of hydrogen-bond donors (Lipinski definition) is 2. The lowest BCUT2D eigenvalue weighted by atomic mass is 10.2. The van der Waals surface area contributed by atoms with Crippen LogP contribution in [0.4, 0.5) is 0 Å². The Kier molecular flexibility index (Phi) is 5.66. The van der Waals surface area contributed by atoms with Gasteiger partial charge in [-0.2, -0.15) is 0 Å². The summed E-state index contributed by atoms with van der Waals surface area (Å²) in [4.78, 5) is 11.7. The third-order valence-corrected chi connectivity index (χ3v) is 6.64. The summed E-state index contributed by atoms with van der Waals surface area (Å²) in [7, 11) is -6.76. The normalized spacial score (nSPS) is 20.3. The van der Waals surface area contributed by atoms with Gasteiger partial charge in [0.2, 0.25) is 15.9 Å². The molecule has 0 aromatic heterocycles. The zero-order valence-corrected chi connectivity index (χ0v) is 14.5. The van der Waals surface area contributed by atoms with E-state index in [9.17, 15) is 21.6 Å². The van der Waals surface area contributed by atoms with E-state index in [4.69, 9.17) is 11.6 Å². The fourth-order valence-electron chi connectivity index (χ4n) is 2.21. The molecule has 1 fully saturated rings. The van der Waals surface area contributed by atoms with E-state index in [2.05, 4.69) is 10.0 Å². The van der Waals surface area contributed by atoms with Crippen LogP contribution in [0.5, 0.6) is 0 Å². The highest BCUT2D eigenvalue weighted by atomic mass is 35.5. The first kappa shape index (κ1) is 18.2. The van der Waals surface area contributed by atoms with Gasteiger partial charge in [-0.15, -0.1) is 0 Å². The maximum absolute atomic E-state index is 11.9. The average Bonchev–Trinajstić information content (AvgIpc) is 2.78. The number of amides is 1. The van der Waals surface area contributed by atoms with Gasteiger partial charge >= 0.3 is 0 Å². The van der Waals surface area contributed by atoms with E-state index in [-0.39, 0.29) is 17.3 Å². The lowest BCUT2D eigenvalue weighted by molar-refractivity contribution is -0.120. The number of benzene rings is 1. The van der Waals surface area contributed by atoms with Crippen molar-refractivity contribution in [2.75, 3.05) is 18.1 Å². The summed E-state index contributed by atoms with van der Waals surface area (Å²) >= 11 is 5.73. The number of sulfonamides is 1. The van der Waals surface area contributed by atoms with E-state index in [0.717, 1.165) is 0 Å². The molecule has 1 amide bonds. The Morgan fingerprint density at radius 1 is 1.26 bits per heavy atom. The van der Waals surface area contributed by atoms with E-state index in [1.165, 1.54) is 0 Å². The van der Waals surface area contributed by atoms with Crippen molar-refractivity contribution in [2.45, 2.75) is 18.2 Å². The van der Waals surface area contributed by atoms with Gasteiger partial charge in [-0.3, -0.25) is 4.79 Å². The predicted molar refractivity (Wildman–Crippen MR) is 87.3 cm³/mol. The van der Waals surface area contributed by atoms with Gasteiger partial charge in [0.25, 0.3) is 0 Å². The van der Waals surface area contributed by atoms with Crippen molar-refractivity contribution in [1.82, 2.24) is 10.0 Å². The Hall–Kier alpha value is -1.16. The minimum Gasteiger partial charge on any atom is -0.351 e. The van der Waals surface area contributed by atoms with Crippen molar-refractivity contribution in [1.29, 1.82) is 0 Å². The summed E-state index contributed by atoms with van der Waals surface area (Å²) in [6.07, 6.45) is 0.353. The highest BCUT2D eigenvalue weighted by Gasteiger charge is 2.29. The van der Waals surface area contributed by atoms with Gasteiger partial charge in [0, 0.05) is 11.1 Å². The minimum absolute atomic E-state index is 0.0419.